The molecule has 0 aliphatic rings. The molecular weight excluding hydrogens is 276 g/mol. The Balaban J connectivity index is 3.20. The molecular formula is C7H5ClINO. The van der Waals surface area contributed by atoms with E-state index in [4.69, 9.17) is 11.6 Å². The van der Waals surface area contributed by atoms with Crippen molar-refractivity contribution in [2.24, 2.45) is 0 Å². The standard InChI is InChI=1S/C7H5ClINO/c1-4(11)7-6(8)2-5(9)3-10-7/h2-3H,1H3. The Labute approximate surface area is 83.1 Å². The third kappa shape index (κ3) is 2.13. The Morgan fingerprint density at radius 2 is 2.36 bits per heavy atom. The summed E-state index contributed by atoms with van der Waals surface area (Å²) in [5, 5.41) is 0.421. The maximum atomic E-state index is 10.8. The van der Waals surface area contributed by atoms with E-state index in [1.165, 1.54) is 6.92 Å². The summed E-state index contributed by atoms with van der Waals surface area (Å²) in [6, 6.07) is 1.71. The van der Waals surface area contributed by atoms with Crippen LogP contribution in [-0.2, 0) is 0 Å². The molecule has 0 amide bonds. The highest BCUT2D eigenvalue weighted by Crippen LogP contribution is 2.16. The second-order valence-electron chi connectivity index (χ2n) is 2.04. The van der Waals surface area contributed by atoms with Crippen LogP contribution in [0.5, 0.6) is 0 Å². The van der Waals surface area contributed by atoms with E-state index in [-0.39, 0.29) is 5.78 Å². The molecule has 1 rings (SSSR count). The number of rotatable bonds is 1. The Morgan fingerprint density at radius 1 is 1.73 bits per heavy atom. The van der Waals surface area contributed by atoms with E-state index < -0.39 is 0 Å². The monoisotopic (exact) mass is 281 g/mol. The highest BCUT2D eigenvalue weighted by molar-refractivity contribution is 14.1. The number of pyridine rings is 1. The largest absolute Gasteiger partial charge is 0.293 e. The summed E-state index contributed by atoms with van der Waals surface area (Å²) in [6.07, 6.45) is 1.61. The molecule has 0 aromatic carbocycles. The minimum atomic E-state index is -0.105. The average molecular weight is 281 g/mol. The van der Waals surface area contributed by atoms with Gasteiger partial charge < -0.3 is 0 Å². The zero-order chi connectivity index (χ0) is 8.43. The van der Waals surface area contributed by atoms with Crippen molar-refractivity contribution in [3.8, 4) is 0 Å². The number of nitrogens with zero attached hydrogens (tertiary/aromatic N) is 1. The number of aromatic nitrogens is 1. The van der Waals surface area contributed by atoms with E-state index in [9.17, 15) is 4.79 Å². The molecule has 0 radical (unpaired) electrons. The van der Waals surface area contributed by atoms with E-state index >= 15 is 0 Å². The summed E-state index contributed by atoms with van der Waals surface area (Å²) in [7, 11) is 0. The highest BCUT2D eigenvalue weighted by atomic mass is 127. The first-order valence-corrected chi connectivity index (χ1v) is 4.39. The quantitative estimate of drug-likeness (QED) is 0.585. The van der Waals surface area contributed by atoms with Gasteiger partial charge in [0.1, 0.15) is 5.69 Å². The van der Waals surface area contributed by atoms with Gasteiger partial charge in [-0.1, -0.05) is 11.6 Å². The fourth-order valence-electron chi connectivity index (χ4n) is 0.674. The number of carbonyl (C=O) groups is 1. The minimum absolute atomic E-state index is 0.105. The number of hydrogen-bond acceptors (Lipinski definition) is 2. The van der Waals surface area contributed by atoms with Crippen LogP contribution in [0.3, 0.4) is 0 Å². The van der Waals surface area contributed by atoms with Crippen molar-refractivity contribution < 1.29 is 4.79 Å². The van der Waals surface area contributed by atoms with Crippen LogP contribution in [0.2, 0.25) is 5.02 Å². The molecule has 2 nitrogen and oxygen atoms in total. The molecule has 1 aromatic rings. The summed E-state index contributed by atoms with van der Waals surface area (Å²) in [5.41, 5.74) is 0.340. The molecule has 0 aliphatic carbocycles. The Morgan fingerprint density at radius 3 is 2.82 bits per heavy atom. The number of ketones is 1. The predicted octanol–water partition coefficient (Wildman–Crippen LogP) is 2.54. The van der Waals surface area contributed by atoms with Crippen LogP contribution >= 0.6 is 34.2 Å². The summed E-state index contributed by atoms with van der Waals surface area (Å²) in [6.45, 7) is 1.45. The Bertz CT molecular complexity index is 300. The molecule has 0 fully saturated rings. The van der Waals surface area contributed by atoms with Crippen molar-refractivity contribution in [3.05, 3.63) is 26.5 Å². The topological polar surface area (TPSA) is 30.0 Å². The van der Waals surface area contributed by atoms with Gasteiger partial charge in [0.15, 0.2) is 5.78 Å². The van der Waals surface area contributed by atoms with Gasteiger partial charge in [-0.25, -0.2) is 0 Å². The van der Waals surface area contributed by atoms with Gasteiger partial charge in [-0.05, 0) is 28.7 Å². The van der Waals surface area contributed by atoms with Crippen LogP contribution in [0.4, 0.5) is 0 Å². The molecule has 0 aliphatic heterocycles. The first-order valence-electron chi connectivity index (χ1n) is 2.93. The van der Waals surface area contributed by atoms with Crippen LogP contribution in [0.15, 0.2) is 12.3 Å². The normalized spacial score (nSPS) is 9.73. The van der Waals surface area contributed by atoms with Gasteiger partial charge in [0, 0.05) is 16.7 Å². The summed E-state index contributed by atoms with van der Waals surface area (Å²) in [5.74, 6) is -0.105. The highest BCUT2D eigenvalue weighted by Gasteiger charge is 2.06. The van der Waals surface area contributed by atoms with Gasteiger partial charge >= 0.3 is 0 Å². The van der Waals surface area contributed by atoms with Gasteiger partial charge in [-0.3, -0.25) is 9.78 Å². The van der Waals surface area contributed by atoms with Crippen LogP contribution in [0, 0.1) is 3.57 Å². The van der Waals surface area contributed by atoms with Gasteiger partial charge in [0.05, 0.1) is 5.02 Å². The van der Waals surface area contributed by atoms with Crippen molar-refractivity contribution in [2.75, 3.05) is 0 Å². The zero-order valence-corrected chi connectivity index (χ0v) is 8.68. The van der Waals surface area contributed by atoms with Crippen molar-refractivity contribution in [1.82, 2.24) is 4.98 Å². The van der Waals surface area contributed by atoms with E-state index in [1.54, 1.807) is 12.3 Å². The lowest BCUT2D eigenvalue weighted by Gasteiger charge is -1.97. The number of hydrogen-bond donors (Lipinski definition) is 0. The van der Waals surface area contributed by atoms with Crippen molar-refractivity contribution in [2.45, 2.75) is 6.92 Å². The maximum absolute atomic E-state index is 10.8. The molecule has 0 saturated heterocycles. The van der Waals surface area contributed by atoms with Gasteiger partial charge in [0.25, 0.3) is 0 Å². The van der Waals surface area contributed by atoms with Crippen molar-refractivity contribution in [3.63, 3.8) is 0 Å². The second kappa shape index (κ2) is 3.49. The fraction of sp³-hybridized carbons (Fsp3) is 0.143. The Kier molecular flexibility index (Phi) is 2.84. The molecule has 0 atom stereocenters. The Hall–Kier alpha value is -0.160. The third-order valence-electron chi connectivity index (χ3n) is 1.14. The lowest BCUT2D eigenvalue weighted by Crippen LogP contribution is -1.97. The summed E-state index contributed by atoms with van der Waals surface area (Å²) >= 11 is 7.82. The molecule has 58 valence electrons. The maximum Gasteiger partial charge on any atom is 0.179 e. The smallest absolute Gasteiger partial charge is 0.179 e. The third-order valence-corrected chi connectivity index (χ3v) is 2.02. The molecule has 1 aromatic heterocycles. The predicted molar refractivity (Wildman–Crippen MR) is 52.0 cm³/mol. The lowest BCUT2D eigenvalue weighted by atomic mass is 10.3. The second-order valence-corrected chi connectivity index (χ2v) is 3.69. The molecule has 4 heteroatoms. The minimum Gasteiger partial charge on any atom is -0.293 e. The number of Topliss-reactive ketones (excluding diaryl/α,β-unsaturated/α-hetero) is 1. The summed E-state index contributed by atoms with van der Waals surface area (Å²) in [4.78, 5) is 14.7. The van der Waals surface area contributed by atoms with Crippen molar-refractivity contribution in [1.29, 1.82) is 0 Å². The molecule has 0 bridgehead atoms. The molecule has 0 saturated carbocycles. The van der Waals surface area contributed by atoms with Crippen LogP contribution < -0.4 is 0 Å². The molecule has 0 spiro atoms. The van der Waals surface area contributed by atoms with Gasteiger partial charge in [0.2, 0.25) is 0 Å². The molecule has 0 N–H and O–H groups in total. The van der Waals surface area contributed by atoms with Gasteiger partial charge in [-0.15, -0.1) is 0 Å². The zero-order valence-electron chi connectivity index (χ0n) is 5.77. The first-order chi connectivity index (χ1) is 5.11. The fourth-order valence-corrected chi connectivity index (χ4v) is 1.61. The van der Waals surface area contributed by atoms with E-state index in [0.717, 1.165) is 3.57 Å². The number of carbonyl (C=O) groups excluding carboxylic acids is 1. The molecule has 11 heavy (non-hydrogen) atoms. The summed E-state index contributed by atoms with van der Waals surface area (Å²) < 4.78 is 0.928. The van der Waals surface area contributed by atoms with Crippen LogP contribution in [0.25, 0.3) is 0 Å². The number of halogens is 2. The van der Waals surface area contributed by atoms with Crippen LogP contribution in [0.1, 0.15) is 17.4 Å². The SMILES string of the molecule is CC(=O)c1ncc(I)cc1Cl. The van der Waals surface area contributed by atoms with Crippen LogP contribution in [-0.4, -0.2) is 10.8 Å². The van der Waals surface area contributed by atoms with E-state index in [0.29, 0.717) is 10.7 Å². The van der Waals surface area contributed by atoms with Crippen molar-refractivity contribution >= 4 is 40.0 Å². The van der Waals surface area contributed by atoms with E-state index in [1.807, 2.05) is 0 Å². The van der Waals surface area contributed by atoms with E-state index in [2.05, 4.69) is 27.6 Å². The molecule has 0 unspecified atom stereocenters. The molecule has 1 heterocycles. The van der Waals surface area contributed by atoms with Gasteiger partial charge in [-0.2, -0.15) is 0 Å². The first kappa shape index (κ1) is 8.93. The lowest BCUT2D eigenvalue weighted by molar-refractivity contribution is 0.101. The average Bonchev–Trinajstić information content (AvgIpc) is 1.85.